The van der Waals surface area contributed by atoms with Crippen molar-refractivity contribution in [2.45, 2.75) is 13.8 Å². The fourth-order valence-electron chi connectivity index (χ4n) is 2.12. The number of hydrogen-bond acceptors (Lipinski definition) is 2. The Labute approximate surface area is 120 Å². The van der Waals surface area contributed by atoms with E-state index < -0.39 is 0 Å². The van der Waals surface area contributed by atoms with E-state index in [0.717, 1.165) is 16.9 Å². The number of carbonyl (C=O) groups is 1. The molecule has 1 amide bonds. The van der Waals surface area contributed by atoms with Gasteiger partial charge in [0.05, 0.1) is 5.56 Å². The van der Waals surface area contributed by atoms with E-state index in [4.69, 9.17) is 0 Å². The Hall–Kier alpha value is -2.29. The first-order valence-electron chi connectivity index (χ1n) is 6.66. The highest BCUT2D eigenvalue weighted by molar-refractivity contribution is 6.09. The maximum absolute atomic E-state index is 12.6. The molecule has 0 bridgehead atoms. The first kappa shape index (κ1) is 14.1. The summed E-state index contributed by atoms with van der Waals surface area (Å²) in [5, 5.41) is 3.09. The lowest BCUT2D eigenvalue weighted by Gasteiger charge is -2.19. The van der Waals surface area contributed by atoms with Gasteiger partial charge in [-0.05, 0) is 43.7 Å². The van der Waals surface area contributed by atoms with Gasteiger partial charge in [0.2, 0.25) is 0 Å². The van der Waals surface area contributed by atoms with Crippen LogP contribution in [0.2, 0.25) is 0 Å². The van der Waals surface area contributed by atoms with Gasteiger partial charge >= 0.3 is 0 Å². The molecule has 0 aliphatic rings. The normalized spacial score (nSPS) is 10.2. The highest BCUT2D eigenvalue weighted by atomic mass is 16.2. The molecule has 0 aliphatic carbocycles. The Morgan fingerprint density at radius 3 is 2.20 bits per heavy atom. The van der Waals surface area contributed by atoms with Crippen molar-refractivity contribution in [3.8, 4) is 0 Å². The second kappa shape index (κ2) is 5.78. The number of rotatable bonds is 3. The van der Waals surface area contributed by atoms with Crippen LogP contribution in [-0.4, -0.2) is 20.0 Å². The van der Waals surface area contributed by atoms with Gasteiger partial charge in [-0.3, -0.25) is 4.79 Å². The van der Waals surface area contributed by atoms with E-state index in [-0.39, 0.29) is 5.91 Å². The molecule has 0 saturated heterocycles. The summed E-state index contributed by atoms with van der Waals surface area (Å²) in [6.07, 6.45) is 0. The van der Waals surface area contributed by atoms with Gasteiger partial charge in [0.15, 0.2) is 0 Å². The Morgan fingerprint density at radius 2 is 1.60 bits per heavy atom. The molecular formula is C17H20N2O. The molecule has 0 saturated carbocycles. The van der Waals surface area contributed by atoms with Crippen LogP contribution >= 0.6 is 0 Å². The fraction of sp³-hybridized carbons (Fsp3) is 0.235. The first-order chi connectivity index (χ1) is 9.52. The third kappa shape index (κ3) is 2.82. The van der Waals surface area contributed by atoms with Crippen molar-refractivity contribution in [3.63, 3.8) is 0 Å². The molecule has 0 aromatic heterocycles. The summed E-state index contributed by atoms with van der Waals surface area (Å²) in [6, 6.07) is 13.7. The Balaban J connectivity index is 2.33. The molecule has 0 aliphatic heterocycles. The molecular weight excluding hydrogens is 248 g/mol. The Morgan fingerprint density at radius 1 is 1.00 bits per heavy atom. The Bertz CT molecular complexity index is 617. The van der Waals surface area contributed by atoms with Crippen molar-refractivity contribution in [2.75, 3.05) is 24.3 Å². The van der Waals surface area contributed by atoms with Gasteiger partial charge in [0, 0.05) is 25.5 Å². The van der Waals surface area contributed by atoms with E-state index in [1.54, 1.807) is 11.9 Å². The lowest BCUT2D eigenvalue weighted by atomic mass is 10.1. The molecule has 0 fully saturated rings. The molecule has 104 valence electrons. The summed E-state index contributed by atoms with van der Waals surface area (Å²) in [6.45, 7) is 4.05. The molecule has 0 spiro atoms. The number of anilines is 2. The zero-order valence-corrected chi connectivity index (χ0v) is 12.4. The zero-order valence-electron chi connectivity index (χ0n) is 12.4. The SMILES string of the molecule is CNc1cc(C)ccc1C(=O)N(C)c1ccc(C)cc1. The lowest BCUT2D eigenvalue weighted by Crippen LogP contribution is -2.27. The van der Waals surface area contributed by atoms with Crippen molar-refractivity contribution in [2.24, 2.45) is 0 Å². The van der Waals surface area contributed by atoms with Crippen LogP contribution in [0.25, 0.3) is 0 Å². The van der Waals surface area contributed by atoms with Crippen LogP contribution < -0.4 is 10.2 Å². The smallest absolute Gasteiger partial charge is 0.260 e. The largest absolute Gasteiger partial charge is 0.387 e. The van der Waals surface area contributed by atoms with E-state index in [0.29, 0.717) is 5.56 Å². The lowest BCUT2D eigenvalue weighted by molar-refractivity contribution is 0.0994. The van der Waals surface area contributed by atoms with Crippen LogP contribution in [0, 0.1) is 13.8 Å². The van der Waals surface area contributed by atoms with E-state index >= 15 is 0 Å². The van der Waals surface area contributed by atoms with Crippen LogP contribution in [0.1, 0.15) is 21.5 Å². The summed E-state index contributed by atoms with van der Waals surface area (Å²) >= 11 is 0. The van der Waals surface area contributed by atoms with Gasteiger partial charge in [0.1, 0.15) is 0 Å². The fourth-order valence-corrected chi connectivity index (χ4v) is 2.12. The van der Waals surface area contributed by atoms with Gasteiger partial charge in [-0.25, -0.2) is 0 Å². The molecule has 0 radical (unpaired) electrons. The summed E-state index contributed by atoms with van der Waals surface area (Å²) in [5.74, 6) is -0.0156. The summed E-state index contributed by atoms with van der Waals surface area (Å²) in [4.78, 5) is 14.3. The average molecular weight is 268 g/mol. The molecule has 2 aromatic carbocycles. The quantitative estimate of drug-likeness (QED) is 0.922. The van der Waals surface area contributed by atoms with Crippen molar-refractivity contribution in [1.29, 1.82) is 0 Å². The van der Waals surface area contributed by atoms with Crippen molar-refractivity contribution >= 4 is 17.3 Å². The molecule has 3 nitrogen and oxygen atoms in total. The topological polar surface area (TPSA) is 32.3 Å². The molecule has 0 heterocycles. The molecule has 3 heteroatoms. The van der Waals surface area contributed by atoms with Crippen molar-refractivity contribution in [3.05, 3.63) is 59.2 Å². The summed E-state index contributed by atoms with van der Waals surface area (Å²) < 4.78 is 0. The van der Waals surface area contributed by atoms with E-state index in [1.165, 1.54) is 5.56 Å². The number of aryl methyl sites for hydroxylation is 2. The number of amides is 1. The standard InChI is InChI=1S/C17H20N2O/c1-12-5-8-14(9-6-12)19(4)17(20)15-10-7-13(2)11-16(15)18-3/h5-11,18H,1-4H3. The van der Waals surface area contributed by atoms with Gasteiger partial charge in [-0.15, -0.1) is 0 Å². The van der Waals surface area contributed by atoms with Crippen LogP contribution in [0.5, 0.6) is 0 Å². The third-order valence-corrected chi connectivity index (χ3v) is 3.40. The maximum Gasteiger partial charge on any atom is 0.260 e. The van der Waals surface area contributed by atoms with Gasteiger partial charge in [-0.2, -0.15) is 0 Å². The van der Waals surface area contributed by atoms with Crippen LogP contribution in [0.3, 0.4) is 0 Å². The molecule has 20 heavy (non-hydrogen) atoms. The number of nitrogens with zero attached hydrogens (tertiary/aromatic N) is 1. The highest BCUT2D eigenvalue weighted by Gasteiger charge is 2.16. The van der Waals surface area contributed by atoms with Gasteiger partial charge in [0.25, 0.3) is 5.91 Å². The molecule has 0 unspecified atom stereocenters. The third-order valence-electron chi connectivity index (χ3n) is 3.40. The van der Waals surface area contributed by atoms with Gasteiger partial charge < -0.3 is 10.2 Å². The van der Waals surface area contributed by atoms with Crippen LogP contribution in [0.15, 0.2) is 42.5 Å². The highest BCUT2D eigenvalue weighted by Crippen LogP contribution is 2.22. The minimum atomic E-state index is -0.0156. The maximum atomic E-state index is 12.6. The first-order valence-corrected chi connectivity index (χ1v) is 6.66. The van der Waals surface area contributed by atoms with Crippen LogP contribution in [-0.2, 0) is 0 Å². The second-order valence-corrected chi connectivity index (χ2v) is 5.00. The zero-order chi connectivity index (χ0) is 14.7. The van der Waals surface area contributed by atoms with E-state index in [1.807, 2.05) is 63.4 Å². The number of hydrogen-bond donors (Lipinski definition) is 1. The Kier molecular flexibility index (Phi) is 4.08. The van der Waals surface area contributed by atoms with Crippen LogP contribution in [0.4, 0.5) is 11.4 Å². The predicted molar refractivity (Wildman–Crippen MR) is 84.6 cm³/mol. The predicted octanol–water partition coefficient (Wildman–Crippen LogP) is 3.62. The minimum absolute atomic E-state index is 0.0156. The minimum Gasteiger partial charge on any atom is -0.387 e. The molecule has 2 aromatic rings. The number of benzene rings is 2. The molecule has 0 atom stereocenters. The number of carbonyl (C=O) groups excluding carboxylic acids is 1. The van der Waals surface area contributed by atoms with Crippen molar-refractivity contribution < 1.29 is 4.79 Å². The molecule has 1 N–H and O–H groups in total. The second-order valence-electron chi connectivity index (χ2n) is 5.00. The summed E-state index contributed by atoms with van der Waals surface area (Å²) in [5.41, 5.74) is 4.74. The van der Waals surface area contributed by atoms with E-state index in [2.05, 4.69) is 5.32 Å². The van der Waals surface area contributed by atoms with Gasteiger partial charge in [-0.1, -0.05) is 23.8 Å². The summed E-state index contributed by atoms with van der Waals surface area (Å²) in [7, 11) is 3.63. The monoisotopic (exact) mass is 268 g/mol. The van der Waals surface area contributed by atoms with Crippen molar-refractivity contribution in [1.82, 2.24) is 0 Å². The van der Waals surface area contributed by atoms with E-state index in [9.17, 15) is 4.79 Å². The average Bonchev–Trinajstić information content (AvgIpc) is 2.46. The molecule has 2 rings (SSSR count). The number of nitrogens with one attached hydrogen (secondary N) is 1.